The summed E-state index contributed by atoms with van der Waals surface area (Å²) >= 11 is 0. The highest BCUT2D eigenvalue weighted by Gasteiger charge is 2.41. The molecule has 5 nitrogen and oxygen atoms in total. The zero-order chi connectivity index (χ0) is 20.7. The summed E-state index contributed by atoms with van der Waals surface area (Å²) in [6.07, 6.45) is 4.88. The number of aliphatic hydroxyl groups is 1. The molecule has 0 amide bonds. The molecule has 0 bridgehead atoms. The predicted octanol–water partition coefficient (Wildman–Crippen LogP) is 3.94. The van der Waals surface area contributed by atoms with Crippen molar-refractivity contribution in [1.29, 1.82) is 0 Å². The maximum atomic E-state index is 12.4. The van der Waals surface area contributed by atoms with Gasteiger partial charge in [-0.1, -0.05) is 19.4 Å². The third-order valence-electron chi connectivity index (χ3n) is 7.00. The van der Waals surface area contributed by atoms with Crippen LogP contribution >= 0.6 is 0 Å². The Balaban J connectivity index is 1.78. The first-order valence-corrected chi connectivity index (χ1v) is 10.8. The van der Waals surface area contributed by atoms with E-state index in [4.69, 9.17) is 4.74 Å². The first kappa shape index (κ1) is 20.2. The number of Topliss-reactive ketones (excluding diaryl/α,β-unsaturated/α-hetero) is 1. The van der Waals surface area contributed by atoms with E-state index in [2.05, 4.69) is 35.9 Å². The van der Waals surface area contributed by atoms with Crippen molar-refractivity contribution >= 4 is 16.7 Å². The van der Waals surface area contributed by atoms with E-state index < -0.39 is 6.61 Å². The molecular formula is C24H32N2O3. The number of rotatable bonds is 5. The Bertz CT molecular complexity index is 959. The predicted molar refractivity (Wildman–Crippen MR) is 115 cm³/mol. The van der Waals surface area contributed by atoms with Gasteiger partial charge < -0.3 is 14.8 Å². The molecule has 3 heterocycles. The molecule has 3 atom stereocenters. The largest absolute Gasteiger partial charge is 0.496 e. The summed E-state index contributed by atoms with van der Waals surface area (Å²) in [4.78, 5) is 18.7. The number of ether oxygens (including phenoxy) is 1. The number of methoxy groups -OCH3 is 1. The van der Waals surface area contributed by atoms with Crippen LogP contribution in [-0.4, -0.2) is 47.6 Å². The quantitative estimate of drug-likeness (QED) is 0.752. The monoisotopic (exact) mass is 396 g/mol. The average Bonchev–Trinajstić information content (AvgIpc) is 3.11. The Labute approximate surface area is 172 Å². The highest BCUT2D eigenvalue weighted by atomic mass is 16.5. The van der Waals surface area contributed by atoms with Crippen LogP contribution in [0.15, 0.2) is 23.8 Å². The van der Waals surface area contributed by atoms with Crippen LogP contribution in [-0.2, 0) is 11.2 Å². The van der Waals surface area contributed by atoms with Crippen molar-refractivity contribution in [2.24, 2.45) is 11.8 Å². The second-order valence-electron chi connectivity index (χ2n) is 8.50. The first-order valence-electron chi connectivity index (χ1n) is 10.8. The Morgan fingerprint density at radius 3 is 2.86 bits per heavy atom. The van der Waals surface area contributed by atoms with E-state index in [0.717, 1.165) is 49.2 Å². The second-order valence-corrected chi connectivity index (χ2v) is 8.50. The number of piperidine rings is 1. The zero-order valence-corrected chi connectivity index (χ0v) is 17.9. The summed E-state index contributed by atoms with van der Waals surface area (Å²) in [6.45, 7) is 7.84. The van der Waals surface area contributed by atoms with Crippen LogP contribution in [0.25, 0.3) is 10.9 Å². The van der Waals surface area contributed by atoms with Gasteiger partial charge in [-0.2, -0.15) is 0 Å². The number of nitrogens with one attached hydrogen (secondary N) is 1. The van der Waals surface area contributed by atoms with Gasteiger partial charge in [-0.15, -0.1) is 0 Å². The molecule has 2 aromatic rings. The number of ketones is 1. The van der Waals surface area contributed by atoms with E-state index in [1.54, 1.807) is 7.11 Å². The molecule has 5 heteroatoms. The van der Waals surface area contributed by atoms with Gasteiger partial charge in [0, 0.05) is 29.7 Å². The molecule has 2 aliphatic heterocycles. The van der Waals surface area contributed by atoms with Crippen LogP contribution in [0, 0.1) is 18.8 Å². The maximum absolute atomic E-state index is 12.4. The molecule has 29 heavy (non-hydrogen) atoms. The Morgan fingerprint density at radius 1 is 1.41 bits per heavy atom. The fourth-order valence-corrected chi connectivity index (χ4v) is 5.63. The molecule has 0 radical (unpaired) electrons. The Hall–Kier alpha value is -2.11. The molecule has 2 aliphatic rings. The van der Waals surface area contributed by atoms with Crippen molar-refractivity contribution in [3.8, 4) is 5.75 Å². The molecule has 4 rings (SSSR count). The Morgan fingerprint density at radius 2 is 2.21 bits per heavy atom. The van der Waals surface area contributed by atoms with Gasteiger partial charge in [0.1, 0.15) is 12.4 Å². The number of carbonyl (C=O) groups is 1. The number of hydrogen-bond donors (Lipinski definition) is 2. The van der Waals surface area contributed by atoms with Crippen LogP contribution in [0.2, 0.25) is 0 Å². The molecule has 1 saturated heterocycles. The van der Waals surface area contributed by atoms with E-state index in [-0.39, 0.29) is 17.7 Å². The van der Waals surface area contributed by atoms with Crippen LogP contribution in [0.4, 0.5) is 0 Å². The molecule has 2 N–H and O–H groups in total. The number of hydrogen-bond acceptors (Lipinski definition) is 4. The van der Waals surface area contributed by atoms with Gasteiger partial charge in [0.25, 0.3) is 0 Å². The first-order chi connectivity index (χ1) is 14.0. The van der Waals surface area contributed by atoms with Gasteiger partial charge in [-0.05, 0) is 67.4 Å². The van der Waals surface area contributed by atoms with E-state index in [1.807, 2.05) is 13.0 Å². The Kier molecular flexibility index (Phi) is 5.54. The lowest BCUT2D eigenvalue weighted by molar-refractivity contribution is -0.119. The summed E-state index contributed by atoms with van der Waals surface area (Å²) in [7, 11) is 1.74. The third-order valence-corrected chi connectivity index (χ3v) is 7.00. The second kappa shape index (κ2) is 7.96. The number of nitrogens with zero attached hydrogens (tertiary/aromatic N) is 1. The molecule has 0 unspecified atom stereocenters. The SMILES string of the molecule is C/C=C(/C(=O)CO)[C@H]1C[C@H]2c3[nH]c4cc(C)cc(OC)c4c3CCN2C[C@H]1CC. The number of aromatic nitrogens is 1. The van der Waals surface area contributed by atoms with Gasteiger partial charge in [0.2, 0.25) is 0 Å². The number of fused-ring (bicyclic) bond motifs is 5. The highest BCUT2D eigenvalue weighted by Crippen LogP contribution is 2.47. The van der Waals surface area contributed by atoms with Crippen LogP contribution in [0.5, 0.6) is 5.75 Å². The third kappa shape index (κ3) is 3.30. The van der Waals surface area contributed by atoms with Crippen molar-refractivity contribution < 1.29 is 14.6 Å². The molecule has 0 saturated carbocycles. The number of benzene rings is 1. The molecule has 0 spiro atoms. The van der Waals surface area contributed by atoms with Gasteiger partial charge in [-0.25, -0.2) is 0 Å². The number of aromatic amines is 1. The number of aliphatic hydroxyl groups excluding tert-OH is 1. The number of aryl methyl sites for hydroxylation is 1. The lowest BCUT2D eigenvalue weighted by Crippen LogP contribution is -2.47. The van der Waals surface area contributed by atoms with Crippen molar-refractivity contribution in [2.75, 3.05) is 26.8 Å². The highest BCUT2D eigenvalue weighted by molar-refractivity contribution is 5.96. The van der Waals surface area contributed by atoms with Crippen LogP contribution in [0.1, 0.15) is 49.6 Å². The molecule has 1 fully saturated rings. The molecule has 156 valence electrons. The fraction of sp³-hybridized carbons (Fsp3) is 0.542. The molecular weight excluding hydrogens is 364 g/mol. The van der Waals surface area contributed by atoms with Gasteiger partial charge in [0.15, 0.2) is 5.78 Å². The fourth-order valence-electron chi connectivity index (χ4n) is 5.63. The minimum Gasteiger partial charge on any atom is -0.496 e. The van der Waals surface area contributed by atoms with Gasteiger partial charge in [0.05, 0.1) is 13.2 Å². The number of H-pyrrole nitrogens is 1. The molecule has 1 aromatic carbocycles. The lowest BCUT2D eigenvalue weighted by Gasteiger charge is -2.46. The minimum absolute atomic E-state index is 0.130. The average molecular weight is 397 g/mol. The number of allylic oxidation sites excluding steroid dienone is 1. The van der Waals surface area contributed by atoms with E-state index in [1.165, 1.54) is 22.2 Å². The van der Waals surface area contributed by atoms with E-state index in [0.29, 0.717) is 5.92 Å². The minimum atomic E-state index is -0.408. The normalized spacial score (nSPS) is 25.0. The summed E-state index contributed by atoms with van der Waals surface area (Å²) in [5.74, 6) is 1.44. The van der Waals surface area contributed by atoms with E-state index in [9.17, 15) is 9.90 Å². The summed E-state index contributed by atoms with van der Waals surface area (Å²) < 4.78 is 5.71. The topological polar surface area (TPSA) is 65.6 Å². The standard InChI is InChI=1S/C24H32N2O3/c1-5-15-12-26-8-7-17-23-19(9-14(3)10-22(23)29-4)25-24(17)20(26)11-18(15)16(6-2)21(28)13-27/h6,9-10,15,18,20,25,27H,5,7-8,11-13H2,1-4H3/b16-6+/t15-,18+,20+/m1/s1. The van der Waals surface area contributed by atoms with Crippen LogP contribution in [0.3, 0.4) is 0 Å². The summed E-state index contributed by atoms with van der Waals surface area (Å²) in [5, 5.41) is 10.7. The van der Waals surface area contributed by atoms with E-state index >= 15 is 0 Å². The molecule has 0 aliphatic carbocycles. The molecule has 1 aromatic heterocycles. The lowest BCUT2D eigenvalue weighted by atomic mass is 9.73. The van der Waals surface area contributed by atoms with Gasteiger partial charge >= 0.3 is 0 Å². The zero-order valence-electron chi connectivity index (χ0n) is 17.9. The van der Waals surface area contributed by atoms with Crippen LogP contribution < -0.4 is 4.74 Å². The van der Waals surface area contributed by atoms with Crippen molar-refractivity contribution in [1.82, 2.24) is 9.88 Å². The van der Waals surface area contributed by atoms with Gasteiger partial charge in [-0.3, -0.25) is 9.69 Å². The summed E-state index contributed by atoms with van der Waals surface area (Å²) in [6, 6.07) is 4.57. The van der Waals surface area contributed by atoms with Crippen molar-refractivity contribution in [3.05, 3.63) is 40.6 Å². The summed E-state index contributed by atoms with van der Waals surface area (Å²) in [5.41, 5.74) is 5.77. The van der Waals surface area contributed by atoms with Crippen molar-refractivity contribution in [2.45, 2.75) is 46.1 Å². The maximum Gasteiger partial charge on any atom is 0.184 e. The van der Waals surface area contributed by atoms with Crippen molar-refractivity contribution in [3.63, 3.8) is 0 Å². The number of carbonyl (C=O) groups excluding carboxylic acids is 1. The smallest absolute Gasteiger partial charge is 0.184 e.